The molecule has 0 aliphatic carbocycles. The van der Waals surface area contributed by atoms with Gasteiger partial charge < -0.3 is 16.4 Å². The van der Waals surface area contributed by atoms with Crippen LogP contribution >= 0.6 is 0 Å². The van der Waals surface area contributed by atoms with Crippen molar-refractivity contribution in [1.29, 1.82) is 0 Å². The van der Waals surface area contributed by atoms with Crippen LogP contribution in [0.25, 0.3) is 0 Å². The zero-order valence-corrected chi connectivity index (χ0v) is 7.67. The molecular weight excluding hydrogens is 170 g/mol. The minimum Gasteiger partial charge on any atom is -0.354 e. The van der Waals surface area contributed by atoms with E-state index in [9.17, 15) is 9.59 Å². The second-order valence-corrected chi connectivity index (χ2v) is 3.16. The van der Waals surface area contributed by atoms with Gasteiger partial charge in [-0.25, -0.2) is 0 Å². The summed E-state index contributed by atoms with van der Waals surface area (Å²) in [6.07, 6.45) is 1.24. The molecule has 5 nitrogen and oxygen atoms in total. The third-order valence-electron chi connectivity index (χ3n) is 2.14. The maximum absolute atomic E-state index is 11.3. The summed E-state index contributed by atoms with van der Waals surface area (Å²) in [6.45, 7) is 2.46. The van der Waals surface area contributed by atoms with Crippen molar-refractivity contribution in [2.24, 2.45) is 5.73 Å². The van der Waals surface area contributed by atoms with Crippen LogP contribution in [0.3, 0.4) is 0 Å². The van der Waals surface area contributed by atoms with Gasteiger partial charge in [-0.3, -0.25) is 9.59 Å². The second kappa shape index (κ2) is 4.23. The van der Waals surface area contributed by atoms with Gasteiger partial charge in [0.2, 0.25) is 11.8 Å². The fourth-order valence-corrected chi connectivity index (χ4v) is 1.20. The Bertz CT molecular complexity index is 217. The Hall–Kier alpha value is -1.10. The average molecular weight is 185 g/mol. The molecule has 74 valence electrons. The minimum atomic E-state index is -0.506. The molecule has 13 heavy (non-hydrogen) atoms. The molecule has 0 saturated carbocycles. The quantitative estimate of drug-likeness (QED) is 0.512. The van der Waals surface area contributed by atoms with E-state index in [2.05, 4.69) is 10.6 Å². The highest BCUT2D eigenvalue weighted by Crippen LogP contribution is 1.99. The molecule has 0 unspecified atom stereocenters. The molecule has 0 bridgehead atoms. The van der Waals surface area contributed by atoms with Crippen molar-refractivity contribution in [2.45, 2.75) is 31.8 Å². The van der Waals surface area contributed by atoms with E-state index in [1.54, 1.807) is 0 Å². The van der Waals surface area contributed by atoms with Crippen molar-refractivity contribution < 1.29 is 9.59 Å². The SMILES string of the molecule is CC[C@@H](N)C(=O)N[C@H]1CCNC1=O. The van der Waals surface area contributed by atoms with Crippen LogP contribution in [0.5, 0.6) is 0 Å². The number of rotatable bonds is 3. The Kier molecular flexibility index (Phi) is 3.25. The number of hydrogen-bond acceptors (Lipinski definition) is 3. The van der Waals surface area contributed by atoms with Crippen LogP contribution in [0.2, 0.25) is 0 Å². The van der Waals surface area contributed by atoms with Gasteiger partial charge in [0.25, 0.3) is 0 Å². The van der Waals surface area contributed by atoms with Crippen molar-refractivity contribution >= 4 is 11.8 Å². The summed E-state index contributed by atoms with van der Waals surface area (Å²) in [5.41, 5.74) is 5.50. The Morgan fingerprint density at radius 2 is 2.54 bits per heavy atom. The van der Waals surface area contributed by atoms with Gasteiger partial charge in [-0.15, -0.1) is 0 Å². The van der Waals surface area contributed by atoms with E-state index in [0.717, 1.165) is 0 Å². The van der Waals surface area contributed by atoms with Gasteiger partial charge in [-0.2, -0.15) is 0 Å². The van der Waals surface area contributed by atoms with Gasteiger partial charge >= 0.3 is 0 Å². The van der Waals surface area contributed by atoms with Crippen molar-refractivity contribution in [3.8, 4) is 0 Å². The molecule has 0 aromatic carbocycles. The fourth-order valence-electron chi connectivity index (χ4n) is 1.20. The van der Waals surface area contributed by atoms with E-state index in [1.807, 2.05) is 6.92 Å². The molecule has 1 heterocycles. The molecule has 2 amide bonds. The molecule has 4 N–H and O–H groups in total. The zero-order valence-electron chi connectivity index (χ0n) is 7.67. The van der Waals surface area contributed by atoms with Crippen molar-refractivity contribution in [3.05, 3.63) is 0 Å². The first kappa shape index (κ1) is 9.98. The van der Waals surface area contributed by atoms with Gasteiger partial charge in [0.05, 0.1) is 6.04 Å². The van der Waals surface area contributed by atoms with Gasteiger partial charge in [0.15, 0.2) is 0 Å². The predicted octanol–water partition coefficient (Wildman–Crippen LogP) is -1.27. The number of carbonyl (C=O) groups excluding carboxylic acids is 2. The van der Waals surface area contributed by atoms with Crippen LogP contribution in [-0.4, -0.2) is 30.4 Å². The lowest BCUT2D eigenvalue weighted by Crippen LogP contribution is -2.47. The second-order valence-electron chi connectivity index (χ2n) is 3.16. The van der Waals surface area contributed by atoms with Crippen LogP contribution < -0.4 is 16.4 Å². The number of carbonyl (C=O) groups is 2. The summed E-state index contributed by atoms with van der Waals surface area (Å²) in [4.78, 5) is 22.3. The number of nitrogens with two attached hydrogens (primary N) is 1. The summed E-state index contributed by atoms with van der Waals surface area (Å²) >= 11 is 0. The van der Waals surface area contributed by atoms with Crippen molar-refractivity contribution in [3.63, 3.8) is 0 Å². The van der Waals surface area contributed by atoms with E-state index in [4.69, 9.17) is 5.73 Å². The average Bonchev–Trinajstić information content (AvgIpc) is 2.50. The summed E-state index contributed by atoms with van der Waals surface area (Å²) in [6, 6.07) is -0.890. The Labute approximate surface area is 77.1 Å². The number of hydrogen-bond donors (Lipinski definition) is 3. The third-order valence-corrected chi connectivity index (χ3v) is 2.14. The summed E-state index contributed by atoms with van der Waals surface area (Å²) in [5, 5.41) is 5.24. The number of amides is 2. The first-order valence-corrected chi connectivity index (χ1v) is 4.48. The van der Waals surface area contributed by atoms with Crippen LogP contribution in [0, 0.1) is 0 Å². The molecule has 0 aromatic heterocycles. The largest absolute Gasteiger partial charge is 0.354 e. The van der Waals surface area contributed by atoms with E-state index < -0.39 is 6.04 Å². The van der Waals surface area contributed by atoms with E-state index in [1.165, 1.54) is 0 Å². The molecule has 5 heteroatoms. The van der Waals surface area contributed by atoms with Gasteiger partial charge in [0.1, 0.15) is 6.04 Å². The minimum absolute atomic E-state index is 0.114. The zero-order chi connectivity index (χ0) is 9.84. The molecule has 2 atom stereocenters. The van der Waals surface area contributed by atoms with E-state index in [-0.39, 0.29) is 17.9 Å². The summed E-state index contributed by atoms with van der Waals surface area (Å²) in [5.74, 6) is -0.360. The molecular formula is C8H15N3O2. The highest BCUT2D eigenvalue weighted by atomic mass is 16.2. The Balaban J connectivity index is 2.39. The Morgan fingerprint density at radius 3 is 3.00 bits per heavy atom. The lowest BCUT2D eigenvalue weighted by molar-refractivity contribution is -0.128. The topological polar surface area (TPSA) is 84.2 Å². The molecule has 0 aromatic rings. The lowest BCUT2D eigenvalue weighted by atomic mass is 10.2. The molecule has 1 rings (SSSR count). The van der Waals surface area contributed by atoms with Crippen LogP contribution in [0.1, 0.15) is 19.8 Å². The molecule has 1 saturated heterocycles. The highest BCUT2D eigenvalue weighted by molar-refractivity contribution is 5.90. The summed E-state index contributed by atoms with van der Waals surface area (Å²) in [7, 11) is 0. The normalized spacial score (nSPS) is 23.8. The summed E-state index contributed by atoms with van der Waals surface area (Å²) < 4.78 is 0. The van der Waals surface area contributed by atoms with Gasteiger partial charge in [-0.05, 0) is 12.8 Å². The predicted molar refractivity (Wildman–Crippen MR) is 47.8 cm³/mol. The molecule has 0 spiro atoms. The van der Waals surface area contributed by atoms with Gasteiger partial charge in [-0.1, -0.05) is 6.92 Å². The Morgan fingerprint density at radius 1 is 1.85 bits per heavy atom. The monoisotopic (exact) mass is 185 g/mol. The fraction of sp³-hybridized carbons (Fsp3) is 0.750. The third kappa shape index (κ3) is 2.42. The van der Waals surface area contributed by atoms with Crippen LogP contribution in [0.15, 0.2) is 0 Å². The number of nitrogens with one attached hydrogen (secondary N) is 2. The molecule has 1 aliphatic heterocycles. The maximum Gasteiger partial charge on any atom is 0.242 e. The first-order valence-electron chi connectivity index (χ1n) is 4.48. The highest BCUT2D eigenvalue weighted by Gasteiger charge is 2.26. The molecule has 1 fully saturated rings. The van der Waals surface area contributed by atoms with Gasteiger partial charge in [0, 0.05) is 6.54 Å². The smallest absolute Gasteiger partial charge is 0.242 e. The maximum atomic E-state index is 11.3. The first-order chi connectivity index (χ1) is 6.15. The lowest BCUT2D eigenvalue weighted by Gasteiger charge is -2.13. The van der Waals surface area contributed by atoms with Crippen molar-refractivity contribution in [1.82, 2.24) is 10.6 Å². The van der Waals surface area contributed by atoms with E-state index in [0.29, 0.717) is 19.4 Å². The van der Waals surface area contributed by atoms with Crippen LogP contribution in [-0.2, 0) is 9.59 Å². The standard InChI is InChI=1S/C8H15N3O2/c1-2-5(9)7(12)11-6-3-4-10-8(6)13/h5-6H,2-4,9H2,1H3,(H,10,13)(H,11,12)/t5-,6+/m1/s1. The van der Waals surface area contributed by atoms with E-state index >= 15 is 0 Å². The van der Waals surface area contributed by atoms with Crippen LogP contribution in [0.4, 0.5) is 0 Å². The molecule has 1 aliphatic rings. The van der Waals surface area contributed by atoms with Crippen molar-refractivity contribution in [2.75, 3.05) is 6.54 Å². The molecule has 0 radical (unpaired) electrons.